The molecule has 10 heavy (non-hydrogen) atoms. The van der Waals surface area contributed by atoms with Crippen LogP contribution in [0.3, 0.4) is 0 Å². The lowest BCUT2D eigenvalue weighted by molar-refractivity contribution is 0.0968. The van der Waals surface area contributed by atoms with Gasteiger partial charge in [0.25, 0.3) is 0 Å². The van der Waals surface area contributed by atoms with Gasteiger partial charge >= 0.3 is 6.16 Å². The molecule has 0 spiro atoms. The summed E-state index contributed by atoms with van der Waals surface area (Å²) < 4.78 is 5.07. The molecule has 0 aliphatic carbocycles. The van der Waals surface area contributed by atoms with Gasteiger partial charge in [0, 0.05) is 13.2 Å². The van der Waals surface area contributed by atoms with Gasteiger partial charge in [-0.3, -0.25) is 0 Å². The normalized spacial score (nSPS) is 16.8. The fourth-order valence-corrected chi connectivity index (χ4v) is 0.687. The first-order valence-corrected chi connectivity index (χ1v) is 3.23. The minimum Gasteiger partial charge on any atom is -0.450 e. The molecule has 1 aliphatic heterocycles. The van der Waals surface area contributed by atoms with Gasteiger partial charge in [-0.2, -0.15) is 0 Å². The van der Waals surface area contributed by atoms with Gasteiger partial charge in [-0.1, -0.05) is 0 Å². The van der Waals surface area contributed by atoms with Crippen LogP contribution in [0.25, 0.3) is 0 Å². The Morgan fingerprint density at radius 1 is 1.10 bits per heavy atom. The quantitative estimate of drug-likeness (QED) is 0.545. The van der Waals surface area contributed by atoms with Crippen molar-refractivity contribution >= 4 is 6.16 Å². The molecular weight excluding hydrogens is 136 g/mol. The van der Waals surface area contributed by atoms with Crippen molar-refractivity contribution < 1.29 is 19.7 Å². The Morgan fingerprint density at radius 3 is 1.60 bits per heavy atom. The highest BCUT2D eigenvalue weighted by Crippen LogP contribution is 2.02. The zero-order valence-corrected chi connectivity index (χ0v) is 5.75. The van der Waals surface area contributed by atoms with Crippen molar-refractivity contribution in [3.05, 3.63) is 0 Å². The second-order valence-electron chi connectivity index (χ2n) is 1.96. The highest BCUT2D eigenvalue weighted by atomic mass is 16.6. The van der Waals surface area contributed by atoms with E-state index in [4.69, 9.17) is 19.7 Å². The highest BCUT2D eigenvalue weighted by molar-refractivity contribution is 5.53. The number of carbonyl (C=O) groups is 1. The third-order valence-corrected chi connectivity index (χ3v) is 1.08. The zero-order valence-electron chi connectivity index (χ0n) is 5.75. The van der Waals surface area contributed by atoms with Gasteiger partial charge in [-0.05, 0) is 19.3 Å². The molecule has 0 amide bonds. The maximum absolute atomic E-state index is 8.56. The Bertz CT molecular complexity index is 72.2. The van der Waals surface area contributed by atoms with E-state index in [0.29, 0.717) is 0 Å². The van der Waals surface area contributed by atoms with Gasteiger partial charge in [0.2, 0.25) is 0 Å². The van der Waals surface area contributed by atoms with Crippen LogP contribution in [-0.2, 0) is 4.74 Å². The van der Waals surface area contributed by atoms with Crippen LogP contribution >= 0.6 is 0 Å². The van der Waals surface area contributed by atoms with Crippen molar-refractivity contribution in [2.24, 2.45) is 0 Å². The molecule has 0 radical (unpaired) electrons. The molecule has 60 valence electrons. The first-order chi connectivity index (χ1) is 4.73. The van der Waals surface area contributed by atoms with Crippen molar-refractivity contribution in [3.63, 3.8) is 0 Å². The summed E-state index contributed by atoms with van der Waals surface area (Å²) in [6.07, 6.45) is 2.10. The molecular formula is C6H12O4. The molecule has 0 unspecified atom stereocenters. The van der Waals surface area contributed by atoms with Gasteiger partial charge in [-0.15, -0.1) is 0 Å². The van der Waals surface area contributed by atoms with Crippen LogP contribution < -0.4 is 0 Å². The second-order valence-corrected chi connectivity index (χ2v) is 1.96. The summed E-state index contributed by atoms with van der Waals surface area (Å²) in [6.45, 7) is 2.00. The van der Waals surface area contributed by atoms with Crippen LogP contribution in [-0.4, -0.2) is 29.6 Å². The summed E-state index contributed by atoms with van der Waals surface area (Å²) in [5.41, 5.74) is 0. The van der Waals surface area contributed by atoms with E-state index in [0.717, 1.165) is 13.2 Å². The number of hydrogen-bond donors (Lipinski definition) is 2. The predicted octanol–water partition coefficient (Wildman–Crippen LogP) is 1.41. The molecule has 1 fully saturated rings. The molecule has 4 heteroatoms. The molecule has 1 heterocycles. The number of hydrogen-bond acceptors (Lipinski definition) is 2. The van der Waals surface area contributed by atoms with E-state index in [1.807, 2.05) is 0 Å². The average molecular weight is 148 g/mol. The van der Waals surface area contributed by atoms with Crippen molar-refractivity contribution in [1.82, 2.24) is 0 Å². The molecule has 0 aromatic heterocycles. The standard InChI is InChI=1S/C5H10O.CH2O3/c1-2-4-6-5-3-1;2-1(3)4/h1-5H2;(H2,2,3,4). The van der Waals surface area contributed by atoms with Crippen LogP contribution in [0, 0.1) is 0 Å². The van der Waals surface area contributed by atoms with Crippen molar-refractivity contribution in [3.8, 4) is 0 Å². The largest absolute Gasteiger partial charge is 0.503 e. The van der Waals surface area contributed by atoms with Gasteiger partial charge in [0.05, 0.1) is 0 Å². The van der Waals surface area contributed by atoms with Crippen LogP contribution in [0.4, 0.5) is 4.79 Å². The predicted molar refractivity (Wildman–Crippen MR) is 35.3 cm³/mol. The van der Waals surface area contributed by atoms with Crippen LogP contribution in [0.15, 0.2) is 0 Å². The van der Waals surface area contributed by atoms with Gasteiger partial charge in [0.1, 0.15) is 0 Å². The Balaban J connectivity index is 0.000000180. The summed E-state index contributed by atoms with van der Waals surface area (Å²) >= 11 is 0. The van der Waals surface area contributed by atoms with E-state index < -0.39 is 6.16 Å². The first-order valence-electron chi connectivity index (χ1n) is 3.23. The summed E-state index contributed by atoms with van der Waals surface area (Å²) in [6, 6.07) is 0. The second kappa shape index (κ2) is 6.35. The third kappa shape index (κ3) is 10.3. The highest BCUT2D eigenvalue weighted by Gasteiger charge is 1.94. The van der Waals surface area contributed by atoms with Gasteiger partial charge in [-0.25, -0.2) is 4.79 Å². The third-order valence-electron chi connectivity index (χ3n) is 1.08. The Morgan fingerprint density at radius 2 is 1.50 bits per heavy atom. The molecule has 2 N–H and O–H groups in total. The first kappa shape index (κ1) is 9.23. The monoisotopic (exact) mass is 148 g/mol. The summed E-state index contributed by atoms with van der Waals surface area (Å²) in [7, 11) is 0. The topological polar surface area (TPSA) is 66.8 Å². The molecule has 1 aliphatic rings. The average Bonchev–Trinajstić information content (AvgIpc) is 1.90. The van der Waals surface area contributed by atoms with E-state index >= 15 is 0 Å². The van der Waals surface area contributed by atoms with E-state index in [9.17, 15) is 0 Å². The summed E-state index contributed by atoms with van der Waals surface area (Å²) in [5.74, 6) is 0. The number of carboxylic acid groups (broad SMARTS) is 2. The number of ether oxygens (including phenoxy) is 1. The van der Waals surface area contributed by atoms with Crippen LogP contribution in [0.1, 0.15) is 19.3 Å². The lowest BCUT2D eigenvalue weighted by Gasteiger charge is -2.08. The molecule has 4 nitrogen and oxygen atoms in total. The smallest absolute Gasteiger partial charge is 0.450 e. The van der Waals surface area contributed by atoms with Crippen molar-refractivity contribution in [1.29, 1.82) is 0 Å². The molecule has 0 atom stereocenters. The van der Waals surface area contributed by atoms with E-state index in [-0.39, 0.29) is 0 Å². The molecule has 1 rings (SSSR count). The van der Waals surface area contributed by atoms with E-state index in [1.165, 1.54) is 19.3 Å². The Labute approximate surface area is 59.4 Å². The van der Waals surface area contributed by atoms with Crippen molar-refractivity contribution in [2.75, 3.05) is 13.2 Å². The van der Waals surface area contributed by atoms with Gasteiger partial charge in [0.15, 0.2) is 0 Å². The van der Waals surface area contributed by atoms with Crippen LogP contribution in [0.5, 0.6) is 0 Å². The molecule has 0 aromatic carbocycles. The molecule has 0 saturated carbocycles. The molecule has 0 aromatic rings. The SMILES string of the molecule is C1CCOCC1.O=C(O)O. The maximum atomic E-state index is 8.56. The van der Waals surface area contributed by atoms with Gasteiger partial charge < -0.3 is 14.9 Å². The minimum atomic E-state index is -1.83. The lowest BCUT2D eigenvalue weighted by Crippen LogP contribution is -2.03. The van der Waals surface area contributed by atoms with E-state index in [1.54, 1.807) is 0 Å². The lowest BCUT2D eigenvalue weighted by atomic mass is 10.2. The fraction of sp³-hybridized carbons (Fsp3) is 0.833. The summed E-state index contributed by atoms with van der Waals surface area (Å²) in [4.78, 5) is 8.56. The van der Waals surface area contributed by atoms with E-state index in [2.05, 4.69) is 0 Å². The Kier molecular flexibility index (Phi) is 5.86. The maximum Gasteiger partial charge on any atom is 0.503 e. The minimum absolute atomic E-state index is 1.00. The number of rotatable bonds is 0. The Hall–Kier alpha value is -0.770. The van der Waals surface area contributed by atoms with Crippen LogP contribution in [0.2, 0.25) is 0 Å². The van der Waals surface area contributed by atoms with Crippen molar-refractivity contribution in [2.45, 2.75) is 19.3 Å². The fourth-order valence-electron chi connectivity index (χ4n) is 0.687. The summed E-state index contributed by atoms with van der Waals surface area (Å²) in [5, 5.41) is 13.9. The molecule has 0 bridgehead atoms. The zero-order chi connectivity index (χ0) is 7.82. The molecule has 1 saturated heterocycles.